The molecule has 0 aliphatic heterocycles. The molecule has 0 bridgehead atoms. The van der Waals surface area contributed by atoms with E-state index < -0.39 is 0 Å². The van der Waals surface area contributed by atoms with Crippen molar-refractivity contribution in [3.8, 4) is 16.3 Å². The fraction of sp³-hybridized carbons (Fsp3) is 0.136. The molecule has 7 nitrogen and oxygen atoms in total. The summed E-state index contributed by atoms with van der Waals surface area (Å²) in [5.74, 6) is 0.463. The van der Waals surface area contributed by atoms with Gasteiger partial charge in [0.2, 0.25) is 5.91 Å². The molecular formula is C22H19N3O4S2. The van der Waals surface area contributed by atoms with Crippen LogP contribution < -0.4 is 15.4 Å². The molecule has 0 spiro atoms. The van der Waals surface area contributed by atoms with Crippen molar-refractivity contribution < 1.29 is 18.7 Å². The van der Waals surface area contributed by atoms with Gasteiger partial charge in [-0.2, -0.15) is 0 Å². The molecule has 9 heteroatoms. The molecule has 1 aromatic carbocycles. The number of para-hydroxylation sites is 1. The number of benzene rings is 1. The number of aromatic nitrogens is 1. The van der Waals surface area contributed by atoms with Crippen molar-refractivity contribution in [2.24, 2.45) is 0 Å². The summed E-state index contributed by atoms with van der Waals surface area (Å²) >= 11 is 2.88. The van der Waals surface area contributed by atoms with Gasteiger partial charge in [-0.25, -0.2) is 4.98 Å². The Morgan fingerprint density at radius 2 is 1.97 bits per heavy atom. The van der Waals surface area contributed by atoms with Crippen molar-refractivity contribution in [2.75, 3.05) is 5.32 Å². The van der Waals surface area contributed by atoms with Crippen molar-refractivity contribution in [2.45, 2.75) is 20.1 Å². The summed E-state index contributed by atoms with van der Waals surface area (Å²) in [5, 5.41) is 7.92. The number of carbonyl (C=O) groups excluding carboxylic acids is 2. The molecule has 0 aliphatic carbocycles. The fourth-order valence-corrected chi connectivity index (χ4v) is 4.44. The first-order valence-corrected chi connectivity index (χ1v) is 11.1. The van der Waals surface area contributed by atoms with E-state index in [0.717, 1.165) is 15.4 Å². The molecule has 3 aromatic heterocycles. The quantitative estimate of drug-likeness (QED) is 0.394. The minimum atomic E-state index is -0.380. The van der Waals surface area contributed by atoms with Gasteiger partial charge in [0.15, 0.2) is 10.9 Å². The first-order valence-electron chi connectivity index (χ1n) is 9.43. The van der Waals surface area contributed by atoms with Gasteiger partial charge in [0.05, 0.1) is 23.4 Å². The standard InChI is InChI=1S/C22H19N3O4S2/c1-14(26)23-11-17-7-8-19(31-17)18-13-30-22(24-18)25-21(27)20-15(9-10-28-20)12-29-16-5-3-2-4-6-16/h2-10,13H,11-12H2,1H3,(H,23,26)(H,24,25,27). The van der Waals surface area contributed by atoms with Crippen LogP contribution in [0.1, 0.15) is 27.9 Å². The van der Waals surface area contributed by atoms with Crippen LogP contribution in [0.25, 0.3) is 10.6 Å². The second kappa shape index (κ2) is 9.59. The van der Waals surface area contributed by atoms with E-state index >= 15 is 0 Å². The minimum Gasteiger partial charge on any atom is -0.489 e. The lowest BCUT2D eigenvalue weighted by Crippen LogP contribution is -2.17. The number of amides is 2. The van der Waals surface area contributed by atoms with Gasteiger partial charge in [-0.1, -0.05) is 18.2 Å². The third kappa shape index (κ3) is 5.39. The van der Waals surface area contributed by atoms with E-state index in [4.69, 9.17) is 9.15 Å². The SMILES string of the molecule is CC(=O)NCc1ccc(-c2csc(NC(=O)c3occc3COc3ccccc3)n2)s1. The molecule has 2 N–H and O–H groups in total. The van der Waals surface area contributed by atoms with Gasteiger partial charge in [-0.15, -0.1) is 22.7 Å². The maximum Gasteiger partial charge on any atom is 0.293 e. The second-order valence-electron chi connectivity index (χ2n) is 6.54. The highest BCUT2D eigenvalue weighted by atomic mass is 32.1. The molecule has 0 fully saturated rings. The minimum absolute atomic E-state index is 0.0694. The number of thiazole rings is 1. The van der Waals surface area contributed by atoms with Gasteiger partial charge >= 0.3 is 0 Å². The van der Waals surface area contributed by atoms with Gasteiger partial charge in [-0.3, -0.25) is 14.9 Å². The molecule has 0 aliphatic rings. The lowest BCUT2D eigenvalue weighted by molar-refractivity contribution is -0.119. The lowest BCUT2D eigenvalue weighted by atomic mass is 10.2. The van der Waals surface area contributed by atoms with Crippen molar-refractivity contribution in [1.82, 2.24) is 10.3 Å². The van der Waals surface area contributed by atoms with Crippen molar-refractivity contribution in [3.05, 3.63) is 76.4 Å². The third-order valence-corrected chi connectivity index (χ3v) is 6.11. The summed E-state index contributed by atoms with van der Waals surface area (Å²) in [6, 6.07) is 15.0. The van der Waals surface area contributed by atoms with Crippen molar-refractivity contribution in [3.63, 3.8) is 0 Å². The maximum atomic E-state index is 12.7. The van der Waals surface area contributed by atoms with E-state index in [1.807, 2.05) is 47.8 Å². The topological polar surface area (TPSA) is 93.5 Å². The van der Waals surface area contributed by atoms with Crippen LogP contribution in [0.4, 0.5) is 5.13 Å². The van der Waals surface area contributed by atoms with Gasteiger partial charge in [0, 0.05) is 22.7 Å². The number of nitrogens with one attached hydrogen (secondary N) is 2. The molecule has 4 rings (SSSR count). The number of carbonyl (C=O) groups is 2. The highest BCUT2D eigenvalue weighted by Gasteiger charge is 2.18. The first-order chi connectivity index (χ1) is 15.1. The van der Waals surface area contributed by atoms with Gasteiger partial charge < -0.3 is 14.5 Å². The lowest BCUT2D eigenvalue weighted by Gasteiger charge is -2.06. The predicted molar refractivity (Wildman–Crippen MR) is 120 cm³/mol. The smallest absolute Gasteiger partial charge is 0.293 e. The number of thiophene rings is 1. The van der Waals surface area contributed by atoms with Crippen molar-refractivity contribution in [1.29, 1.82) is 0 Å². The summed E-state index contributed by atoms with van der Waals surface area (Å²) in [5.41, 5.74) is 1.42. The summed E-state index contributed by atoms with van der Waals surface area (Å²) in [7, 11) is 0. The second-order valence-corrected chi connectivity index (χ2v) is 8.57. The summed E-state index contributed by atoms with van der Waals surface area (Å²) in [6.07, 6.45) is 1.47. The molecule has 4 aromatic rings. The van der Waals surface area contributed by atoms with Crippen LogP contribution >= 0.6 is 22.7 Å². The van der Waals surface area contributed by atoms with Crippen LogP contribution in [-0.2, 0) is 17.9 Å². The van der Waals surface area contributed by atoms with Crippen LogP contribution in [-0.4, -0.2) is 16.8 Å². The zero-order valence-corrected chi connectivity index (χ0v) is 18.2. The maximum absolute atomic E-state index is 12.7. The number of hydrogen-bond donors (Lipinski definition) is 2. The molecule has 158 valence electrons. The molecule has 31 heavy (non-hydrogen) atoms. The Hall–Kier alpha value is -3.43. The highest BCUT2D eigenvalue weighted by molar-refractivity contribution is 7.17. The van der Waals surface area contributed by atoms with E-state index in [1.54, 1.807) is 17.4 Å². The Kier molecular flexibility index (Phi) is 6.44. The number of anilines is 1. The Balaban J connectivity index is 1.38. The summed E-state index contributed by atoms with van der Waals surface area (Å²) < 4.78 is 11.1. The Bertz CT molecular complexity index is 1180. The Labute approximate surface area is 186 Å². The highest BCUT2D eigenvalue weighted by Crippen LogP contribution is 2.31. The predicted octanol–water partition coefficient (Wildman–Crippen LogP) is 4.93. The Morgan fingerprint density at radius 1 is 1.13 bits per heavy atom. The molecule has 0 saturated carbocycles. The normalized spacial score (nSPS) is 10.6. The third-order valence-electron chi connectivity index (χ3n) is 4.24. The number of furan rings is 1. The van der Waals surface area contributed by atoms with Crippen LogP contribution in [0.15, 0.2) is 64.6 Å². The zero-order chi connectivity index (χ0) is 21.6. The number of hydrogen-bond acceptors (Lipinski definition) is 7. The number of rotatable bonds is 8. The monoisotopic (exact) mass is 453 g/mol. The molecule has 3 heterocycles. The molecule has 0 radical (unpaired) electrons. The van der Waals surface area contributed by atoms with E-state index in [1.165, 1.54) is 24.5 Å². The molecule has 0 atom stereocenters. The molecule has 0 saturated heterocycles. The number of ether oxygens (including phenoxy) is 1. The fourth-order valence-electron chi connectivity index (χ4n) is 2.75. The van der Waals surface area contributed by atoms with Crippen molar-refractivity contribution >= 4 is 39.6 Å². The van der Waals surface area contributed by atoms with Gasteiger partial charge in [0.25, 0.3) is 5.91 Å². The van der Waals surface area contributed by atoms with E-state index in [9.17, 15) is 9.59 Å². The molecular weight excluding hydrogens is 434 g/mol. The van der Waals surface area contributed by atoms with Crippen LogP contribution in [0.3, 0.4) is 0 Å². The van der Waals surface area contributed by atoms with Crippen LogP contribution in [0.5, 0.6) is 5.75 Å². The average Bonchev–Trinajstić information content (AvgIpc) is 3.51. The first kappa shape index (κ1) is 20.8. The summed E-state index contributed by atoms with van der Waals surface area (Å²) in [6.45, 7) is 2.20. The van der Waals surface area contributed by atoms with Gasteiger partial charge in [0.1, 0.15) is 12.4 Å². The van der Waals surface area contributed by atoms with Gasteiger partial charge in [-0.05, 0) is 30.3 Å². The van der Waals surface area contributed by atoms with Crippen LogP contribution in [0.2, 0.25) is 0 Å². The van der Waals surface area contributed by atoms with Crippen LogP contribution in [0, 0.1) is 0 Å². The average molecular weight is 454 g/mol. The van der Waals surface area contributed by atoms with E-state index in [0.29, 0.717) is 23.0 Å². The Morgan fingerprint density at radius 3 is 2.77 bits per heavy atom. The molecule has 0 unspecified atom stereocenters. The van der Waals surface area contributed by atoms with E-state index in [-0.39, 0.29) is 24.2 Å². The molecule has 2 amide bonds. The summed E-state index contributed by atoms with van der Waals surface area (Å²) in [4.78, 5) is 30.2. The zero-order valence-electron chi connectivity index (χ0n) is 16.6. The largest absolute Gasteiger partial charge is 0.489 e. The van der Waals surface area contributed by atoms with E-state index in [2.05, 4.69) is 15.6 Å². The number of nitrogens with zero attached hydrogens (tertiary/aromatic N) is 1.